The number of benzene rings is 2. The molecule has 2 aromatic carbocycles. The molecule has 18 heavy (non-hydrogen) atoms. The van der Waals surface area contributed by atoms with E-state index < -0.39 is 0 Å². The van der Waals surface area contributed by atoms with Crippen LogP contribution in [0.1, 0.15) is 18.5 Å². The molecule has 0 aliphatic rings. The molecule has 0 bridgehead atoms. The van der Waals surface area contributed by atoms with Gasteiger partial charge in [0.1, 0.15) is 0 Å². The predicted molar refractivity (Wildman–Crippen MR) is 77.2 cm³/mol. The Morgan fingerprint density at radius 1 is 1.17 bits per heavy atom. The van der Waals surface area contributed by atoms with E-state index in [1.165, 1.54) is 16.3 Å². The molecule has 0 aromatic heterocycles. The Kier molecular flexibility index (Phi) is 4.35. The Balaban J connectivity index is 2.34. The Morgan fingerprint density at radius 2 is 1.94 bits per heavy atom. The van der Waals surface area contributed by atoms with Crippen LogP contribution in [-0.4, -0.2) is 13.1 Å². The third-order valence-corrected chi connectivity index (χ3v) is 3.05. The van der Waals surface area contributed by atoms with E-state index in [-0.39, 0.29) is 6.04 Å². The maximum atomic E-state index is 5.87. The predicted octanol–water partition coefficient (Wildman–Crippen LogP) is 2.45. The summed E-state index contributed by atoms with van der Waals surface area (Å²) in [5.41, 5.74) is 7.11. The molecule has 0 spiro atoms. The maximum Gasteiger partial charge on any atom is 0.0581 e. The molecule has 2 rings (SSSR count). The zero-order chi connectivity index (χ0) is 12.8. The monoisotopic (exact) mass is 238 g/mol. The molecule has 2 heteroatoms. The van der Waals surface area contributed by atoms with Gasteiger partial charge in [-0.3, -0.25) is 5.32 Å². The number of hydrogen-bond acceptors (Lipinski definition) is 2. The summed E-state index contributed by atoms with van der Waals surface area (Å²) in [4.78, 5) is 0. The van der Waals surface area contributed by atoms with Crippen LogP contribution in [-0.2, 0) is 0 Å². The number of nitrogens with two attached hydrogens (primary N) is 1. The highest BCUT2D eigenvalue weighted by Gasteiger charge is 2.10. The molecule has 0 heterocycles. The fraction of sp³-hybridized carbons (Fsp3) is 0.250. The van der Waals surface area contributed by atoms with E-state index in [1.54, 1.807) is 0 Å². The summed E-state index contributed by atoms with van der Waals surface area (Å²) in [5.74, 6) is 5.90. The third kappa shape index (κ3) is 2.70. The van der Waals surface area contributed by atoms with Gasteiger partial charge in [-0.2, -0.15) is 0 Å². The van der Waals surface area contributed by atoms with Crippen LogP contribution >= 0.6 is 0 Å². The zero-order valence-electron chi connectivity index (χ0n) is 10.6. The summed E-state index contributed by atoms with van der Waals surface area (Å²) < 4.78 is 0. The van der Waals surface area contributed by atoms with Gasteiger partial charge in [-0.25, -0.2) is 0 Å². The molecule has 0 radical (unpaired) electrons. The Bertz CT molecular complexity index is 573. The Labute approximate surface area is 108 Å². The first kappa shape index (κ1) is 12.6. The smallest absolute Gasteiger partial charge is 0.0581 e. The molecule has 2 nitrogen and oxygen atoms in total. The second-order valence-corrected chi connectivity index (χ2v) is 4.16. The van der Waals surface area contributed by atoms with Crippen molar-refractivity contribution in [2.75, 3.05) is 13.1 Å². The van der Waals surface area contributed by atoms with E-state index in [2.05, 4.69) is 59.6 Å². The van der Waals surface area contributed by atoms with Gasteiger partial charge in [0.25, 0.3) is 0 Å². The van der Waals surface area contributed by atoms with Gasteiger partial charge in [0, 0.05) is 12.6 Å². The SMILES string of the molecule is CC#CCNC(CN)c1cccc2ccccc12. The van der Waals surface area contributed by atoms with Crippen LogP contribution in [0.25, 0.3) is 10.8 Å². The molecule has 92 valence electrons. The van der Waals surface area contributed by atoms with Crippen LogP contribution < -0.4 is 11.1 Å². The Morgan fingerprint density at radius 3 is 2.72 bits per heavy atom. The van der Waals surface area contributed by atoms with Crippen molar-refractivity contribution in [3.8, 4) is 11.8 Å². The molecule has 0 aliphatic heterocycles. The van der Waals surface area contributed by atoms with Gasteiger partial charge in [0.2, 0.25) is 0 Å². The first-order valence-corrected chi connectivity index (χ1v) is 6.17. The molecular weight excluding hydrogens is 220 g/mol. The van der Waals surface area contributed by atoms with E-state index >= 15 is 0 Å². The van der Waals surface area contributed by atoms with Gasteiger partial charge >= 0.3 is 0 Å². The molecule has 1 atom stereocenters. The lowest BCUT2D eigenvalue weighted by atomic mass is 9.99. The van der Waals surface area contributed by atoms with E-state index in [9.17, 15) is 0 Å². The van der Waals surface area contributed by atoms with Crippen LogP contribution in [0.15, 0.2) is 42.5 Å². The average Bonchev–Trinajstić information content (AvgIpc) is 2.43. The summed E-state index contributed by atoms with van der Waals surface area (Å²) in [6, 6.07) is 14.9. The van der Waals surface area contributed by atoms with Gasteiger partial charge < -0.3 is 5.73 Å². The molecule has 0 fully saturated rings. The first-order chi connectivity index (χ1) is 8.86. The lowest BCUT2D eigenvalue weighted by Gasteiger charge is -2.18. The molecule has 2 aromatic rings. The third-order valence-electron chi connectivity index (χ3n) is 3.05. The summed E-state index contributed by atoms with van der Waals surface area (Å²) in [6.45, 7) is 3.08. The van der Waals surface area contributed by atoms with Gasteiger partial charge in [-0.15, -0.1) is 5.92 Å². The standard InChI is InChI=1S/C16H18N2/c1-2-3-11-18-16(12-17)15-10-6-8-13-7-4-5-9-14(13)15/h4-10,16,18H,11-12,17H2,1H3. The van der Waals surface area contributed by atoms with Crippen LogP contribution in [0, 0.1) is 11.8 Å². The van der Waals surface area contributed by atoms with Gasteiger partial charge in [-0.05, 0) is 23.3 Å². The van der Waals surface area contributed by atoms with Crippen molar-refractivity contribution in [2.45, 2.75) is 13.0 Å². The lowest BCUT2D eigenvalue weighted by Crippen LogP contribution is -2.28. The summed E-state index contributed by atoms with van der Waals surface area (Å²) in [6.07, 6.45) is 0. The van der Waals surface area contributed by atoms with Crippen molar-refractivity contribution in [1.29, 1.82) is 0 Å². The van der Waals surface area contributed by atoms with Gasteiger partial charge in [-0.1, -0.05) is 48.4 Å². The number of hydrogen-bond donors (Lipinski definition) is 2. The van der Waals surface area contributed by atoms with Crippen LogP contribution in [0.3, 0.4) is 0 Å². The van der Waals surface area contributed by atoms with Crippen molar-refractivity contribution in [1.82, 2.24) is 5.32 Å². The fourth-order valence-corrected chi connectivity index (χ4v) is 2.14. The highest BCUT2D eigenvalue weighted by molar-refractivity contribution is 5.86. The molecule has 0 aliphatic carbocycles. The van der Waals surface area contributed by atoms with Gasteiger partial charge in [0.05, 0.1) is 6.54 Å². The summed E-state index contributed by atoms with van der Waals surface area (Å²) >= 11 is 0. The number of fused-ring (bicyclic) bond motifs is 1. The second-order valence-electron chi connectivity index (χ2n) is 4.16. The largest absolute Gasteiger partial charge is 0.329 e. The van der Waals surface area contributed by atoms with Crippen molar-refractivity contribution in [3.05, 3.63) is 48.0 Å². The van der Waals surface area contributed by atoms with E-state index in [1.807, 2.05) is 6.92 Å². The zero-order valence-corrected chi connectivity index (χ0v) is 10.6. The highest BCUT2D eigenvalue weighted by Crippen LogP contribution is 2.23. The Hall–Kier alpha value is -1.82. The van der Waals surface area contributed by atoms with Crippen molar-refractivity contribution >= 4 is 10.8 Å². The molecule has 0 saturated carbocycles. The maximum absolute atomic E-state index is 5.87. The van der Waals surface area contributed by atoms with E-state index in [4.69, 9.17) is 5.73 Å². The number of nitrogens with one attached hydrogen (secondary N) is 1. The first-order valence-electron chi connectivity index (χ1n) is 6.17. The molecule has 3 N–H and O–H groups in total. The minimum atomic E-state index is 0.150. The quantitative estimate of drug-likeness (QED) is 0.803. The topological polar surface area (TPSA) is 38.0 Å². The fourth-order valence-electron chi connectivity index (χ4n) is 2.14. The van der Waals surface area contributed by atoms with Crippen LogP contribution in [0.5, 0.6) is 0 Å². The molecule has 1 unspecified atom stereocenters. The normalized spacial score (nSPS) is 11.9. The number of rotatable bonds is 4. The lowest BCUT2D eigenvalue weighted by molar-refractivity contribution is 0.586. The minimum Gasteiger partial charge on any atom is -0.329 e. The van der Waals surface area contributed by atoms with Crippen LogP contribution in [0.2, 0.25) is 0 Å². The van der Waals surface area contributed by atoms with Gasteiger partial charge in [0.15, 0.2) is 0 Å². The van der Waals surface area contributed by atoms with Crippen molar-refractivity contribution in [2.24, 2.45) is 5.73 Å². The van der Waals surface area contributed by atoms with Crippen molar-refractivity contribution in [3.63, 3.8) is 0 Å². The second kappa shape index (κ2) is 6.20. The molecule has 0 amide bonds. The average molecular weight is 238 g/mol. The van der Waals surface area contributed by atoms with E-state index in [0.29, 0.717) is 13.1 Å². The highest BCUT2D eigenvalue weighted by atomic mass is 14.9. The van der Waals surface area contributed by atoms with E-state index in [0.717, 1.165) is 0 Å². The summed E-state index contributed by atoms with van der Waals surface area (Å²) in [7, 11) is 0. The molecule has 0 saturated heterocycles. The van der Waals surface area contributed by atoms with Crippen molar-refractivity contribution < 1.29 is 0 Å². The molecular formula is C16H18N2. The van der Waals surface area contributed by atoms with Crippen LogP contribution in [0.4, 0.5) is 0 Å². The summed E-state index contributed by atoms with van der Waals surface area (Å²) in [5, 5.41) is 5.88. The minimum absolute atomic E-state index is 0.150.